The van der Waals surface area contributed by atoms with Gasteiger partial charge in [0, 0.05) is 47.6 Å². The van der Waals surface area contributed by atoms with Crippen LogP contribution < -0.4 is 9.64 Å². The van der Waals surface area contributed by atoms with Crippen LogP contribution in [0.3, 0.4) is 0 Å². The molecule has 1 atom stereocenters. The van der Waals surface area contributed by atoms with Gasteiger partial charge in [0.15, 0.2) is 0 Å². The smallest absolute Gasteiger partial charge is 0.136 e. The molecule has 1 fully saturated rings. The van der Waals surface area contributed by atoms with Crippen LogP contribution in [0.15, 0.2) is 71.5 Å². The maximum absolute atomic E-state index is 9.25. The molecule has 6 rings (SSSR count). The standard InChI is InChI=1S/C38H42N4O/c1-26-25-40-37(35-23-31(7-5-8-33(26)35)29-13-11-28(24-39)12-14-29)42-21-19-38(3,20-22-42)36-10-6-9-34(27(2)41-36)30-15-17-32(43-4)18-16-30/h10-18,23,25,34H,5-9,19-22H2,1-4H3. The highest BCUT2D eigenvalue weighted by atomic mass is 16.5. The number of hydrogen-bond donors (Lipinski definition) is 0. The van der Waals surface area contributed by atoms with E-state index in [2.05, 4.69) is 86.5 Å². The largest absolute Gasteiger partial charge is 0.497 e. The lowest BCUT2D eigenvalue weighted by Gasteiger charge is -2.41. The van der Waals surface area contributed by atoms with Gasteiger partial charge in [0.05, 0.1) is 18.7 Å². The summed E-state index contributed by atoms with van der Waals surface area (Å²) in [5.74, 6) is 2.35. The van der Waals surface area contributed by atoms with Gasteiger partial charge in [-0.3, -0.25) is 4.99 Å². The van der Waals surface area contributed by atoms with Crippen molar-refractivity contribution in [1.29, 1.82) is 5.26 Å². The highest BCUT2D eigenvalue weighted by molar-refractivity contribution is 5.90. The number of nitrogens with zero attached hydrogens (tertiary/aromatic N) is 4. The lowest BCUT2D eigenvalue weighted by atomic mass is 9.77. The quantitative estimate of drug-likeness (QED) is 0.308. The fraction of sp³-hybridized carbons (Fsp3) is 0.395. The van der Waals surface area contributed by atoms with E-state index < -0.39 is 0 Å². The molecule has 1 saturated heterocycles. The molecule has 1 aliphatic carbocycles. The van der Waals surface area contributed by atoms with Gasteiger partial charge in [-0.25, -0.2) is 4.98 Å². The number of aromatic nitrogens is 1. The van der Waals surface area contributed by atoms with Crippen LogP contribution in [0.1, 0.15) is 91.7 Å². The number of anilines is 1. The highest BCUT2D eigenvalue weighted by Gasteiger charge is 2.36. The summed E-state index contributed by atoms with van der Waals surface area (Å²) >= 11 is 0. The zero-order chi connectivity index (χ0) is 30.0. The normalized spacial score (nSPS) is 20.0. The molecule has 0 radical (unpaired) electrons. The first-order chi connectivity index (χ1) is 20.9. The third kappa shape index (κ3) is 5.89. The summed E-state index contributed by atoms with van der Waals surface area (Å²) in [5.41, 5.74) is 11.1. The minimum absolute atomic E-state index is 0.0533. The number of benzene rings is 2. The first-order valence-electron chi connectivity index (χ1n) is 15.7. The summed E-state index contributed by atoms with van der Waals surface area (Å²) in [6.45, 7) is 8.74. The molecule has 0 N–H and O–H groups in total. The van der Waals surface area contributed by atoms with Gasteiger partial charge in [0.25, 0.3) is 0 Å². The lowest BCUT2D eigenvalue weighted by molar-refractivity contribution is 0.300. The second-order valence-electron chi connectivity index (χ2n) is 12.7. The maximum atomic E-state index is 9.25. The van der Waals surface area contributed by atoms with Gasteiger partial charge in [-0.05, 0) is 117 Å². The number of ether oxygens (including phenoxy) is 1. The Morgan fingerprint density at radius 2 is 1.74 bits per heavy atom. The van der Waals surface area contributed by atoms with Crippen LogP contribution in [0.4, 0.5) is 5.82 Å². The Labute approximate surface area is 256 Å². The minimum atomic E-state index is 0.0533. The predicted octanol–water partition coefficient (Wildman–Crippen LogP) is 8.68. The van der Waals surface area contributed by atoms with Crippen molar-refractivity contribution in [3.63, 3.8) is 0 Å². The lowest BCUT2D eigenvalue weighted by Crippen LogP contribution is -2.40. The molecule has 2 aliphatic heterocycles. The van der Waals surface area contributed by atoms with Gasteiger partial charge in [0.2, 0.25) is 0 Å². The number of methoxy groups -OCH3 is 1. The second-order valence-corrected chi connectivity index (χ2v) is 12.7. The Kier molecular flexibility index (Phi) is 8.21. The van der Waals surface area contributed by atoms with Gasteiger partial charge < -0.3 is 9.64 Å². The summed E-state index contributed by atoms with van der Waals surface area (Å²) in [7, 11) is 1.71. The Bertz CT molecular complexity index is 1610. The Hall–Kier alpha value is -4.17. The first-order valence-corrected chi connectivity index (χ1v) is 15.7. The number of hydrogen-bond acceptors (Lipinski definition) is 5. The van der Waals surface area contributed by atoms with Crippen LogP contribution in [0, 0.1) is 23.7 Å². The molecular weight excluding hydrogens is 528 g/mol. The third-order valence-corrected chi connectivity index (χ3v) is 9.90. The van der Waals surface area contributed by atoms with E-state index in [-0.39, 0.29) is 5.41 Å². The van der Waals surface area contributed by atoms with Crippen molar-refractivity contribution in [3.8, 4) is 11.8 Å². The molecule has 3 aromatic rings. The summed E-state index contributed by atoms with van der Waals surface area (Å²) in [4.78, 5) is 12.9. The second kappa shape index (κ2) is 12.2. The van der Waals surface area contributed by atoms with Crippen molar-refractivity contribution >= 4 is 23.2 Å². The van der Waals surface area contributed by atoms with Crippen molar-refractivity contribution in [2.75, 3.05) is 25.1 Å². The average Bonchev–Trinajstić information content (AvgIpc) is 3.39. The van der Waals surface area contributed by atoms with Gasteiger partial charge >= 0.3 is 0 Å². The van der Waals surface area contributed by atoms with E-state index in [0.717, 1.165) is 69.6 Å². The van der Waals surface area contributed by atoms with Crippen LogP contribution >= 0.6 is 0 Å². The molecule has 0 spiro atoms. The third-order valence-electron chi connectivity index (χ3n) is 9.90. The Balaban J connectivity index is 1.23. The van der Waals surface area contributed by atoms with E-state index in [9.17, 15) is 5.26 Å². The summed E-state index contributed by atoms with van der Waals surface area (Å²) in [5, 5.41) is 9.25. The molecule has 3 heterocycles. The molecule has 1 unspecified atom stereocenters. The number of pyridine rings is 1. The minimum Gasteiger partial charge on any atom is -0.497 e. The van der Waals surface area contributed by atoms with Gasteiger partial charge in [-0.2, -0.15) is 5.26 Å². The number of aliphatic imine (C=N–C) groups is 1. The molecule has 1 aromatic heterocycles. The molecule has 0 saturated carbocycles. The molecule has 5 nitrogen and oxygen atoms in total. The van der Waals surface area contributed by atoms with E-state index in [1.54, 1.807) is 7.11 Å². The van der Waals surface area contributed by atoms with Gasteiger partial charge in [-0.15, -0.1) is 0 Å². The van der Waals surface area contributed by atoms with Crippen molar-refractivity contribution in [3.05, 3.63) is 99.9 Å². The van der Waals surface area contributed by atoms with Crippen molar-refractivity contribution < 1.29 is 4.74 Å². The molecule has 220 valence electrons. The zero-order valence-corrected chi connectivity index (χ0v) is 26.0. The van der Waals surface area contributed by atoms with Crippen LogP contribution in [0.25, 0.3) is 11.6 Å². The predicted molar refractivity (Wildman–Crippen MR) is 177 cm³/mol. The number of piperidine rings is 1. The van der Waals surface area contributed by atoms with Crippen LogP contribution in [0.5, 0.6) is 5.75 Å². The number of fused-ring (bicyclic) bond motifs is 1. The Morgan fingerprint density at radius 3 is 2.44 bits per heavy atom. The van der Waals surface area contributed by atoms with E-state index in [4.69, 9.17) is 14.7 Å². The molecule has 0 amide bonds. The zero-order valence-electron chi connectivity index (χ0n) is 26.0. The number of nitriles is 1. The number of rotatable bonds is 5. The summed E-state index contributed by atoms with van der Waals surface area (Å²) < 4.78 is 5.37. The fourth-order valence-electron chi connectivity index (χ4n) is 7.08. The van der Waals surface area contributed by atoms with Gasteiger partial charge in [-0.1, -0.05) is 37.3 Å². The van der Waals surface area contributed by atoms with E-state index >= 15 is 0 Å². The highest BCUT2D eigenvalue weighted by Crippen LogP contribution is 2.44. The number of aryl methyl sites for hydroxylation is 1. The van der Waals surface area contributed by atoms with Crippen LogP contribution in [-0.4, -0.2) is 30.9 Å². The molecule has 5 heteroatoms. The number of allylic oxidation sites excluding steroid dienone is 3. The molecule has 0 bridgehead atoms. The SMILES string of the molecule is COc1ccc(C2CCC=C(C3(C)CCN(c4ncc(C)c5c4C=C(c4ccc(C#N)cc4)CCC5)CC3)N=C2C)cc1. The van der Waals surface area contributed by atoms with Crippen molar-refractivity contribution in [2.24, 2.45) is 10.4 Å². The molecule has 43 heavy (non-hydrogen) atoms. The molecule has 2 aromatic carbocycles. The van der Waals surface area contributed by atoms with Crippen molar-refractivity contribution in [1.82, 2.24) is 4.98 Å². The topological polar surface area (TPSA) is 61.5 Å². The van der Waals surface area contributed by atoms with E-state index in [0.29, 0.717) is 11.5 Å². The van der Waals surface area contributed by atoms with Crippen molar-refractivity contribution in [2.45, 2.75) is 71.6 Å². The van der Waals surface area contributed by atoms with E-state index in [1.807, 2.05) is 12.1 Å². The average molecular weight is 571 g/mol. The summed E-state index contributed by atoms with van der Waals surface area (Å²) in [6.07, 6.45) is 14.3. The molecule has 3 aliphatic rings. The Morgan fingerprint density at radius 1 is 1.00 bits per heavy atom. The van der Waals surface area contributed by atoms with Gasteiger partial charge in [0.1, 0.15) is 11.6 Å². The monoisotopic (exact) mass is 570 g/mol. The van der Waals surface area contributed by atoms with E-state index in [1.165, 1.54) is 44.8 Å². The molecular formula is C38H42N4O. The fourth-order valence-corrected chi connectivity index (χ4v) is 7.08. The first kappa shape index (κ1) is 28.9. The maximum Gasteiger partial charge on any atom is 0.136 e. The van der Waals surface area contributed by atoms with Crippen LogP contribution in [0.2, 0.25) is 0 Å². The van der Waals surface area contributed by atoms with Crippen LogP contribution in [-0.2, 0) is 6.42 Å². The summed E-state index contributed by atoms with van der Waals surface area (Å²) in [6, 6.07) is 18.8.